The number of fused-ring (bicyclic) bond motifs is 1. The highest BCUT2D eigenvalue weighted by atomic mass is 19.3. The van der Waals surface area contributed by atoms with Gasteiger partial charge in [0.05, 0.1) is 12.7 Å². The molecule has 0 heterocycles. The van der Waals surface area contributed by atoms with Gasteiger partial charge in [-0.05, 0) is 84.2 Å². The van der Waals surface area contributed by atoms with Crippen molar-refractivity contribution in [3.05, 3.63) is 63.7 Å². The minimum atomic E-state index is -1.71. The number of aryl methyl sites for hydroxylation is 3. The Balaban J connectivity index is 2.21. The summed E-state index contributed by atoms with van der Waals surface area (Å²) in [5.74, 6) is -0.356. The number of hydrogen-bond donors (Lipinski definition) is 0. The second-order valence-electron chi connectivity index (χ2n) is 6.47. The number of hydrogen-bond acceptors (Lipinski definition) is 2. The largest absolute Gasteiger partial charge is 0.465 e. The molecule has 0 aliphatic heterocycles. The fourth-order valence-corrected chi connectivity index (χ4v) is 3.80. The van der Waals surface area contributed by atoms with Crippen molar-refractivity contribution in [2.75, 3.05) is 7.11 Å². The summed E-state index contributed by atoms with van der Waals surface area (Å²) in [5, 5.41) is 0. The predicted molar refractivity (Wildman–Crippen MR) is 94.9 cm³/mol. The maximum absolute atomic E-state index is 12.6. The molecule has 130 valence electrons. The van der Waals surface area contributed by atoms with Gasteiger partial charge in [-0.2, -0.15) is 8.78 Å². The van der Waals surface area contributed by atoms with E-state index in [2.05, 4.69) is 0 Å². The lowest BCUT2D eigenvalue weighted by Crippen LogP contribution is -2.04. The van der Waals surface area contributed by atoms with Crippen LogP contribution in [0.15, 0.2) is 30.3 Å². The first kappa shape index (κ1) is 17.3. The summed E-state index contributed by atoms with van der Waals surface area (Å²) in [6.07, 6.45) is 2.13. The molecule has 0 bridgehead atoms. The van der Waals surface area contributed by atoms with Gasteiger partial charge in [0.25, 0.3) is 6.08 Å². The number of methoxy groups -OCH3 is 1. The molecule has 0 saturated heterocycles. The van der Waals surface area contributed by atoms with Gasteiger partial charge in [0.1, 0.15) is 0 Å². The Bertz CT molecular complexity index is 855. The van der Waals surface area contributed by atoms with Crippen LogP contribution in [0.1, 0.15) is 44.6 Å². The van der Waals surface area contributed by atoms with Gasteiger partial charge in [-0.25, -0.2) is 4.79 Å². The standard InChI is InChI=1S/C21H20F2O2/c1-12-7-14(9-19(22)23)8-13(2)20(12)18-11-16(21(24)25-3)10-15-5-4-6-17(15)18/h7-11H,4-6H2,1-3H3. The van der Waals surface area contributed by atoms with E-state index in [0.29, 0.717) is 11.1 Å². The van der Waals surface area contributed by atoms with Gasteiger partial charge in [0.2, 0.25) is 0 Å². The molecule has 2 aromatic rings. The summed E-state index contributed by atoms with van der Waals surface area (Å²) in [6, 6.07) is 7.30. The van der Waals surface area contributed by atoms with Crippen molar-refractivity contribution in [2.24, 2.45) is 0 Å². The van der Waals surface area contributed by atoms with E-state index in [9.17, 15) is 13.6 Å². The van der Waals surface area contributed by atoms with Crippen LogP contribution in [0.25, 0.3) is 17.2 Å². The van der Waals surface area contributed by atoms with Crippen LogP contribution in [-0.4, -0.2) is 13.1 Å². The summed E-state index contributed by atoms with van der Waals surface area (Å²) >= 11 is 0. The highest BCUT2D eigenvalue weighted by Crippen LogP contribution is 2.38. The molecular weight excluding hydrogens is 322 g/mol. The lowest BCUT2D eigenvalue weighted by Gasteiger charge is -2.17. The normalized spacial score (nSPS) is 12.7. The summed E-state index contributed by atoms with van der Waals surface area (Å²) < 4.78 is 30.0. The molecule has 0 radical (unpaired) electrons. The van der Waals surface area contributed by atoms with Gasteiger partial charge < -0.3 is 4.74 Å². The molecule has 1 aliphatic rings. The van der Waals surface area contributed by atoms with Crippen molar-refractivity contribution in [1.29, 1.82) is 0 Å². The molecule has 0 saturated carbocycles. The quantitative estimate of drug-likeness (QED) is 0.690. The zero-order chi connectivity index (χ0) is 18.1. The first-order valence-corrected chi connectivity index (χ1v) is 8.29. The Kier molecular flexibility index (Phi) is 4.71. The van der Waals surface area contributed by atoms with Gasteiger partial charge in [-0.1, -0.05) is 12.1 Å². The molecule has 0 aromatic heterocycles. The van der Waals surface area contributed by atoms with Crippen molar-refractivity contribution in [3.8, 4) is 11.1 Å². The SMILES string of the molecule is COC(=O)c1cc2c(c(-c3c(C)cc(C=C(F)F)cc3C)c1)CCC2. The average Bonchev–Trinajstić information content (AvgIpc) is 3.01. The van der Waals surface area contributed by atoms with E-state index >= 15 is 0 Å². The summed E-state index contributed by atoms with van der Waals surface area (Å²) in [5.41, 5.74) is 7.32. The Hall–Kier alpha value is -2.49. The van der Waals surface area contributed by atoms with Crippen molar-refractivity contribution >= 4 is 12.0 Å². The molecule has 1 aliphatic carbocycles. The first-order valence-electron chi connectivity index (χ1n) is 8.29. The molecule has 4 heteroatoms. The fourth-order valence-electron chi connectivity index (χ4n) is 3.80. The Morgan fingerprint density at radius 2 is 1.76 bits per heavy atom. The predicted octanol–water partition coefficient (Wildman–Crippen LogP) is 5.48. The van der Waals surface area contributed by atoms with Crippen LogP contribution in [0.3, 0.4) is 0 Å². The summed E-state index contributed by atoms with van der Waals surface area (Å²) in [6.45, 7) is 3.84. The molecule has 0 unspecified atom stereocenters. The van der Waals surface area contributed by atoms with E-state index in [-0.39, 0.29) is 5.97 Å². The number of rotatable bonds is 3. The molecule has 0 spiro atoms. The van der Waals surface area contributed by atoms with Gasteiger partial charge in [-0.15, -0.1) is 0 Å². The molecule has 0 fully saturated rings. The van der Waals surface area contributed by atoms with Crippen molar-refractivity contribution in [2.45, 2.75) is 33.1 Å². The zero-order valence-electron chi connectivity index (χ0n) is 14.6. The Labute approximate surface area is 146 Å². The van der Waals surface area contributed by atoms with Gasteiger partial charge in [0.15, 0.2) is 0 Å². The maximum Gasteiger partial charge on any atom is 0.337 e. The number of esters is 1. The van der Waals surface area contributed by atoms with Crippen LogP contribution < -0.4 is 0 Å². The van der Waals surface area contributed by atoms with Crippen LogP contribution >= 0.6 is 0 Å². The number of benzene rings is 2. The fraction of sp³-hybridized carbons (Fsp3) is 0.286. The Morgan fingerprint density at radius 1 is 1.08 bits per heavy atom. The minimum absolute atomic E-state index is 0.356. The third-order valence-electron chi connectivity index (χ3n) is 4.74. The molecule has 0 amide bonds. The van der Waals surface area contributed by atoms with Gasteiger partial charge in [0, 0.05) is 6.08 Å². The highest BCUT2D eigenvalue weighted by molar-refractivity contribution is 5.92. The van der Waals surface area contributed by atoms with Crippen LogP contribution in [0.5, 0.6) is 0 Å². The minimum Gasteiger partial charge on any atom is -0.465 e. The number of carbonyl (C=O) groups excluding carboxylic acids is 1. The maximum atomic E-state index is 12.6. The molecule has 0 N–H and O–H groups in total. The van der Waals surface area contributed by atoms with Crippen LogP contribution in [0.2, 0.25) is 0 Å². The van der Waals surface area contributed by atoms with E-state index in [1.807, 2.05) is 26.0 Å². The third kappa shape index (κ3) is 3.34. The van der Waals surface area contributed by atoms with Gasteiger partial charge >= 0.3 is 5.97 Å². The highest BCUT2D eigenvalue weighted by Gasteiger charge is 2.21. The van der Waals surface area contributed by atoms with Crippen LogP contribution in [0.4, 0.5) is 8.78 Å². The monoisotopic (exact) mass is 342 g/mol. The summed E-state index contributed by atoms with van der Waals surface area (Å²) in [7, 11) is 1.37. The second-order valence-corrected chi connectivity index (χ2v) is 6.47. The zero-order valence-corrected chi connectivity index (χ0v) is 14.6. The van der Waals surface area contributed by atoms with Crippen LogP contribution in [0, 0.1) is 13.8 Å². The van der Waals surface area contributed by atoms with Crippen molar-refractivity contribution in [3.63, 3.8) is 0 Å². The van der Waals surface area contributed by atoms with Crippen molar-refractivity contribution < 1.29 is 18.3 Å². The lowest BCUT2D eigenvalue weighted by atomic mass is 9.88. The van der Waals surface area contributed by atoms with Crippen molar-refractivity contribution in [1.82, 2.24) is 0 Å². The molecule has 25 heavy (non-hydrogen) atoms. The Morgan fingerprint density at radius 3 is 2.36 bits per heavy atom. The smallest absolute Gasteiger partial charge is 0.337 e. The summed E-state index contributed by atoms with van der Waals surface area (Å²) in [4.78, 5) is 12.0. The van der Waals surface area contributed by atoms with E-state index < -0.39 is 6.08 Å². The van der Waals surface area contributed by atoms with E-state index in [0.717, 1.165) is 47.6 Å². The first-order chi connectivity index (χ1) is 11.9. The molecule has 0 atom stereocenters. The number of ether oxygens (including phenoxy) is 1. The molecular formula is C21H20F2O2. The van der Waals surface area contributed by atoms with Crippen LogP contribution in [-0.2, 0) is 17.6 Å². The van der Waals surface area contributed by atoms with E-state index in [1.165, 1.54) is 18.2 Å². The lowest BCUT2D eigenvalue weighted by molar-refractivity contribution is 0.0600. The second kappa shape index (κ2) is 6.79. The number of halogens is 2. The van der Waals surface area contributed by atoms with E-state index in [1.54, 1.807) is 12.1 Å². The third-order valence-corrected chi connectivity index (χ3v) is 4.74. The number of carbonyl (C=O) groups is 1. The molecule has 3 rings (SSSR count). The molecule has 2 nitrogen and oxygen atoms in total. The van der Waals surface area contributed by atoms with E-state index in [4.69, 9.17) is 4.74 Å². The average molecular weight is 342 g/mol. The molecule has 2 aromatic carbocycles. The topological polar surface area (TPSA) is 26.3 Å². The van der Waals surface area contributed by atoms with Gasteiger partial charge in [-0.3, -0.25) is 0 Å².